The first-order chi connectivity index (χ1) is 21.6. The minimum atomic E-state index is -1.09. The smallest absolute Gasteiger partial charge is 0.258 e. The highest BCUT2D eigenvalue weighted by Crippen LogP contribution is 2.40. The zero-order valence-corrected chi connectivity index (χ0v) is 28.6. The van der Waals surface area contributed by atoms with Crippen molar-refractivity contribution >= 4 is 74.0 Å². The van der Waals surface area contributed by atoms with E-state index in [4.69, 9.17) is 4.74 Å². The molecule has 4 aromatic rings. The molecule has 0 aromatic heterocycles. The number of amides is 3. The number of hydrogen-bond donors (Lipinski definition) is 2. The van der Waals surface area contributed by atoms with Crippen LogP contribution in [0.2, 0.25) is 0 Å². The van der Waals surface area contributed by atoms with E-state index in [1.807, 2.05) is 42.5 Å². The van der Waals surface area contributed by atoms with Gasteiger partial charge in [-0.1, -0.05) is 52.3 Å². The average molecular weight is 708 g/mol. The maximum absolute atomic E-state index is 14.7. The summed E-state index contributed by atoms with van der Waals surface area (Å²) >= 11 is 3.64. The van der Waals surface area contributed by atoms with Gasteiger partial charge in [0.25, 0.3) is 11.8 Å². The molecule has 0 radical (unpaired) electrons. The van der Waals surface area contributed by atoms with Crippen molar-refractivity contribution in [3.8, 4) is 5.75 Å². The third-order valence-electron chi connectivity index (χ3n) is 8.35. The van der Waals surface area contributed by atoms with Gasteiger partial charge in [-0.25, -0.2) is 0 Å². The second kappa shape index (κ2) is 14.5. The van der Waals surface area contributed by atoms with E-state index in [2.05, 4.69) is 26.6 Å². The van der Waals surface area contributed by atoms with Crippen LogP contribution in [0.4, 0.5) is 11.4 Å². The number of carbonyl (C=O) groups excluding carboxylic acids is 4. The summed E-state index contributed by atoms with van der Waals surface area (Å²) in [6.07, 6.45) is 0. The molecular weight excluding hydrogens is 672 g/mol. The van der Waals surface area contributed by atoms with Gasteiger partial charge in [0.05, 0.1) is 37.1 Å². The molecule has 0 saturated heterocycles. The number of nitrogens with one attached hydrogen (secondary N) is 2. The Morgan fingerprint density at radius 3 is 2.20 bits per heavy atom. The van der Waals surface area contributed by atoms with Gasteiger partial charge in [-0.05, 0) is 81.1 Å². The molecule has 0 aliphatic carbocycles. The highest BCUT2D eigenvalue weighted by molar-refractivity contribution is 9.10. The molecule has 5 rings (SSSR count). The highest BCUT2D eigenvalue weighted by atomic mass is 79.9. The maximum Gasteiger partial charge on any atom is 0.258 e. The fourth-order valence-electron chi connectivity index (χ4n) is 5.67. The number of nitrogens with zero attached hydrogens (tertiary/aromatic N) is 2. The molecule has 1 aliphatic rings. The predicted octanol–water partition coefficient (Wildman–Crippen LogP) is 5.91. The molecule has 46 heavy (non-hydrogen) atoms. The fourth-order valence-corrected chi connectivity index (χ4v) is 6.17. The summed E-state index contributed by atoms with van der Waals surface area (Å²) in [5, 5.41) is 7.69. The molecule has 2 N–H and O–H groups in total. The van der Waals surface area contributed by atoms with E-state index < -0.39 is 18.1 Å². The van der Waals surface area contributed by atoms with Crippen molar-refractivity contribution in [1.82, 2.24) is 10.6 Å². The van der Waals surface area contributed by atoms with Crippen LogP contribution in [-0.2, 0) is 16.1 Å². The number of para-hydroxylation sites is 2. The van der Waals surface area contributed by atoms with E-state index in [-0.39, 0.29) is 42.5 Å². The molecule has 1 heterocycles. The third kappa shape index (κ3) is 6.51. The average Bonchev–Trinajstić information content (AvgIpc) is 3.13. The zero-order valence-electron chi connectivity index (χ0n) is 26.2. The quantitative estimate of drug-likeness (QED) is 0.221. The Bertz CT molecular complexity index is 1800. The zero-order chi connectivity index (χ0) is 32.4. The Morgan fingerprint density at radius 2 is 1.57 bits per heavy atom. The number of hydrogen-bond acceptors (Lipinski definition) is 6. The van der Waals surface area contributed by atoms with E-state index in [9.17, 15) is 19.2 Å². The number of likely N-dealkylation sites (N-methyl/N-ethyl adjacent to an activating group) is 1. The summed E-state index contributed by atoms with van der Waals surface area (Å²) in [7, 11) is 3.25. The van der Waals surface area contributed by atoms with Crippen LogP contribution in [0, 0.1) is 0 Å². The monoisotopic (exact) mass is 706 g/mol. The molecule has 0 unspecified atom stereocenters. The largest absolute Gasteiger partial charge is 0.496 e. The molecule has 9 nitrogen and oxygen atoms in total. The lowest BCUT2D eigenvalue weighted by atomic mass is 10.0. The molecule has 3 amide bonds. The van der Waals surface area contributed by atoms with Gasteiger partial charge in [0, 0.05) is 21.2 Å². The van der Waals surface area contributed by atoms with Gasteiger partial charge < -0.3 is 25.2 Å². The third-order valence-corrected chi connectivity index (χ3v) is 9.04. The van der Waals surface area contributed by atoms with Crippen LogP contribution in [0.5, 0.6) is 5.75 Å². The van der Waals surface area contributed by atoms with E-state index in [0.29, 0.717) is 28.3 Å². The van der Waals surface area contributed by atoms with Crippen LogP contribution in [0.3, 0.4) is 0 Å². The van der Waals surface area contributed by atoms with Gasteiger partial charge in [-0.3, -0.25) is 19.2 Å². The van der Waals surface area contributed by atoms with Crippen molar-refractivity contribution in [2.75, 3.05) is 24.0 Å². The van der Waals surface area contributed by atoms with Gasteiger partial charge >= 0.3 is 0 Å². The van der Waals surface area contributed by atoms with Crippen LogP contribution in [0.15, 0.2) is 83.3 Å². The van der Waals surface area contributed by atoms with Gasteiger partial charge in [-0.2, -0.15) is 0 Å². The summed E-state index contributed by atoms with van der Waals surface area (Å²) in [5.41, 5.74) is 2.63. The Hall–Kier alpha value is -4.25. The lowest BCUT2D eigenvalue weighted by molar-refractivity contribution is -0.128. The fraction of sp³-hybridized carbons (Fsp3) is 0.257. The number of benzene rings is 4. The van der Waals surface area contributed by atoms with Crippen LogP contribution < -0.4 is 25.2 Å². The van der Waals surface area contributed by atoms with Gasteiger partial charge in [0.15, 0.2) is 5.78 Å². The Labute approximate surface area is 282 Å². The Kier molecular flexibility index (Phi) is 10.9. The van der Waals surface area contributed by atoms with Gasteiger partial charge in [0.1, 0.15) is 11.8 Å². The molecule has 0 saturated carbocycles. The van der Waals surface area contributed by atoms with Crippen LogP contribution in [-0.4, -0.2) is 55.8 Å². The first-order valence-electron chi connectivity index (χ1n) is 14.6. The number of halogens is 2. The van der Waals surface area contributed by atoms with Crippen molar-refractivity contribution in [1.29, 1.82) is 0 Å². The normalized spacial score (nSPS) is 16.6. The van der Waals surface area contributed by atoms with Crippen molar-refractivity contribution < 1.29 is 23.9 Å². The van der Waals surface area contributed by atoms with Crippen molar-refractivity contribution in [2.24, 2.45) is 0 Å². The van der Waals surface area contributed by atoms with Crippen LogP contribution in [0.1, 0.15) is 47.1 Å². The molecule has 0 fully saturated rings. The lowest BCUT2D eigenvalue weighted by Crippen LogP contribution is -2.59. The summed E-state index contributed by atoms with van der Waals surface area (Å²) in [4.78, 5) is 57.2. The number of methoxy groups -OCH3 is 1. The van der Waals surface area contributed by atoms with E-state index >= 15 is 0 Å². The van der Waals surface area contributed by atoms with Crippen LogP contribution in [0.25, 0.3) is 10.8 Å². The molecule has 1 aliphatic heterocycles. The second-order valence-electron chi connectivity index (χ2n) is 11.0. The van der Waals surface area contributed by atoms with E-state index in [0.717, 1.165) is 20.8 Å². The molecule has 240 valence electrons. The SMILES string of the molecule is CN[C@@H](C)C(=O)N[C@@H]1C(=O)N(Cc2c(OC)ccc3c(Br)cccc23)c2ccccc2N(C(=O)c2ccc(C(C)=O)cc2)[C@H]1C.Cl. The standard InChI is InChI=1S/C35H35BrN4O5.ClH/c1-20(37-4)33(42)38-32-21(2)40(34(43)24-15-13-23(14-16-24)22(3)41)30-12-7-6-11-29(30)39(35(32)44)19-27-25-9-8-10-28(36)26(25)17-18-31(27)45-5;/h6-18,20-21,32,37H,19H2,1-5H3,(H,38,42);1H/t20-,21-,32-;/m0./s1. The number of Topliss-reactive ketones (excluding diaryl/α,β-unsaturated/α-hetero) is 1. The van der Waals surface area contributed by atoms with E-state index in [1.165, 1.54) is 6.92 Å². The van der Waals surface area contributed by atoms with Crippen molar-refractivity contribution in [3.05, 3.63) is 100 Å². The summed E-state index contributed by atoms with van der Waals surface area (Å²) in [5.74, 6) is -0.624. The van der Waals surface area contributed by atoms with Crippen LogP contribution >= 0.6 is 28.3 Å². The number of ketones is 1. The molecule has 0 spiro atoms. The lowest BCUT2D eigenvalue weighted by Gasteiger charge is -2.32. The van der Waals surface area contributed by atoms with Gasteiger partial charge in [0.2, 0.25) is 5.91 Å². The van der Waals surface area contributed by atoms with Crippen molar-refractivity contribution in [2.45, 2.75) is 45.4 Å². The number of fused-ring (bicyclic) bond motifs is 2. The molecule has 4 aromatic carbocycles. The molecular formula is C35H36BrClN4O5. The minimum absolute atomic E-state index is 0. The Balaban J connectivity index is 0.00000480. The van der Waals surface area contributed by atoms with Gasteiger partial charge in [-0.15, -0.1) is 12.4 Å². The highest BCUT2D eigenvalue weighted by Gasteiger charge is 2.43. The number of ether oxygens (including phenoxy) is 1. The number of anilines is 2. The Morgan fingerprint density at radius 1 is 0.913 bits per heavy atom. The molecule has 11 heteroatoms. The molecule has 3 atom stereocenters. The minimum Gasteiger partial charge on any atom is -0.496 e. The number of rotatable bonds is 8. The summed E-state index contributed by atoms with van der Waals surface area (Å²) in [6.45, 7) is 5.03. The topological polar surface area (TPSA) is 108 Å². The number of carbonyl (C=O) groups is 4. The second-order valence-corrected chi connectivity index (χ2v) is 11.9. The van der Waals surface area contributed by atoms with E-state index in [1.54, 1.807) is 74.2 Å². The maximum atomic E-state index is 14.7. The first kappa shape index (κ1) is 34.6. The summed E-state index contributed by atoms with van der Waals surface area (Å²) in [6, 6.07) is 20.9. The predicted molar refractivity (Wildman–Crippen MR) is 186 cm³/mol. The van der Waals surface area contributed by atoms with Crippen molar-refractivity contribution in [3.63, 3.8) is 0 Å². The summed E-state index contributed by atoms with van der Waals surface area (Å²) < 4.78 is 6.67. The first-order valence-corrected chi connectivity index (χ1v) is 15.4. The molecule has 0 bridgehead atoms.